The highest BCUT2D eigenvalue weighted by Crippen LogP contribution is 1.98. The summed E-state index contributed by atoms with van der Waals surface area (Å²) >= 11 is 0. The zero-order chi connectivity index (χ0) is 10.9. The molecule has 1 heterocycles. The predicted octanol–water partition coefficient (Wildman–Crippen LogP) is 0.692. The Hall–Kier alpha value is -1.36. The second-order valence-electron chi connectivity index (χ2n) is 3.38. The number of aliphatic hydroxyl groups is 1. The number of nitrogens with zero attached hydrogens (tertiary/aromatic N) is 1. The van der Waals surface area contributed by atoms with E-state index in [9.17, 15) is 4.79 Å². The molecular weight excluding hydrogens is 194 g/mol. The van der Waals surface area contributed by atoms with Crippen molar-refractivity contribution in [3.63, 3.8) is 0 Å². The van der Waals surface area contributed by atoms with Gasteiger partial charge in [-0.1, -0.05) is 12.8 Å². The van der Waals surface area contributed by atoms with E-state index in [0.29, 0.717) is 12.1 Å². The third-order valence-corrected chi connectivity index (χ3v) is 2.13. The fourth-order valence-corrected chi connectivity index (χ4v) is 1.27. The summed E-state index contributed by atoms with van der Waals surface area (Å²) in [4.78, 5) is 11.4. The number of hydrogen-bond donors (Lipinski definition) is 3. The average Bonchev–Trinajstić information content (AvgIpc) is 2.76. The van der Waals surface area contributed by atoms with Gasteiger partial charge in [0.15, 0.2) is 0 Å². The number of aromatic amines is 1. The van der Waals surface area contributed by atoms with E-state index in [0.717, 1.165) is 25.7 Å². The minimum atomic E-state index is -0.0918. The van der Waals surface area contributed by atoms with E-state index in [1.165, 1.54) is 6.20 Å². The molecule has 0 radical (unpaired) electrons. The van der Waals surface area contributed by atoms with Crippen LogP contribution in [0.25, 0.3) is 0 Å². The van der Waals surface area contributed by atoms with Gasteiger partial charge in [-0.15, -0.1) is 0 Å². The average molecular weight is 211 g/mol. The van der Waals surface area contributed by atoms with Crippen LogP contribution in [0.4, 0.5) is 0 Å². The Kier molecular flexibility index (Phi) is 5.47. The Labute approximate surface area is 88.9 Å². The zero-order valence-electron chi connectivity index (χ0n) is 8.70. The topological polar surface area (TPSA) is 78.0 Å². The molecule has 15 heavy (non-hydrogen) atoms. The van der Waals surface area contributed by atoms with E-state index in [1.54, 1.807) is 6.20 Å². The lowest BCUT2D eigenvalue weighted by atomic mass is 10.2. The molecule has 0 saturated heterocycles. The van der Waals surface area contributed by atoms with Crippen LogP contribution in [0.1, 0.15) is 36.0 Å². The summed E-state index contributed by atoms with van der Waals surface area (Å²) in [5.74, 6) is -0.0918. The Balaban J connectivity index is 2.03. The van der Waals surface area contributed by atoms with Crippen molar-refractivity contribution in [1.29, 1.82) is 0 Å². The Morgan fingerprint density at radius 2 is 2.20 bits per heavy atom. The maximum Gasteiger partial charge on any atom is 0.254 e. The van der Waals surface area contributed by atoms with Gasteiger partial charge in [0.05, 0.1) is 11.8 Å². The van der Waals surface area contributed by atoms with Crippen molar-refractivity contribution in [2.75, 3.05) is 13.2 Å². The number of carbonyl (C=O) groups excluding carboxylic acids is 1. The van der Waals surface area contributed by atoms with Crippen LogP contribution in [0.5, 0.6) is 0 Å². The first-order valence-electron chi connectivity index (χ1n) is 5.22. The molecule has 0 spiro atoms. The van der Waals surface area contributed by atoms with E-state index in [-0.39, 0.29) is 12.5 Å². The molecule has 0 fully saturated rings. The van der Waals surface area contributed by atoms with E-state index >= 15 is 0 Å². The first-order chi connectivity index (χ1) is 7.34. The van der Waals surface area contributed by atoms with Crippen molar-refractivity contribution < 1.29 is 9.90 Å². The zero-order valence-corrected chi connectivity index (χ0v) is 8.70. The van der Waals surface area contributed by atoms with Gasteiger partial charge in [-0.25, -0.2) is 0 Å². The molecule has 0 aliphatic heterocycles. The molecule has 0 aliphatic rings. The largest absolute Gasteiger partial charge is 0.396 e. The van der Waals surface area contributed by atoms with Gasteiger partial charge in [-0.05, 0) is 12.8 Å². The summed E-state index contributed by atoms with van der Waals surface area (Å²) < 4.78 is 0. The molecule has 1 amide bonds. The van der Waals surface area contributed by atoms with Gasteiger partial charge >= 0.3 is 0 Å². The van der Waals surface area contributed by atoms with Gasteiger partial charge < -0.3 is 10.4 Å². The number of carbonyl (C=O) groups is 1. The molecule has 1 rings (SSSR count). The minimum absolute atomic E-state index is 0.0918. The Bertz CT molecular complexity index is 272. The highest BCUT2D eigenvalue weighted by atomic mass is 16.2. The Morgan fingerprint density at radius 3 is 2.87 bits per heavy atom. The van der Waals surface area contributed by atoms with Crippen LogP contribution in [0.15, 0.2) is 12.4 Å². The maximum atomic E-state index is 11.4. The normalized spacial score (nSPS) is 10.2. The molecule has 1 aromatic rings. The van der Waals surface area contributed by atoms with Gasteiger partial charge in [0.2, 0.25) is 0 Å². The molecule has 0 aliphatic carbocycles. The van der Waals surface area contributed by atoms with E-state index < -0.39 is 0 Å². The lowest BCUT2D eigenvalue weighted by molar-refractivity contribution is 0.0953. The van der Waals surface area contributed by atoms with E-state index in [1.807, 2.05) is 0 Å². The third-order valence-electron chi connectivity index (χ3n) is 2.13. The van der Waals surface area contributed by atoms with Crippen molar-refractivity contribution in [2.24, 2.45) is 0 Å². The second-order valence-corrected chi connectivity index (χ2v) is 3.38. The van der Waals surface area contributed by atoms with Crippen LogP contribution in [0, 0.1) is 0 Å². The van der Waals surface area contributed by atoms with Gasteiger partial charge in [0.25, 0.3) is 5.91 Å². The van der Waals surface area contributed by atoms with E-state index in [4.69, 9.17) is 5.11 Å². The first kappa shape index (κ1) is 11.7. The number of unbranched alkanes of at least 4 members (excludes halogenated alkanes) is 3. The van der Waals surface area contributed by atoms with Crippen LogP contribution >= 0.6 is 0 Å². The van der Waals surface area contributed by atoms with Crippen molar-refractivity contribution in [2.45, 2.75) is 25.7 Å². The quantitative estimate of drug-likeness (QED) is 0.581. The molecule has 1 aromatic heterocycles. The highest BCUT2D eigenvalue weighted by Gasteiger charge is 2.04. The van der Waals surface area contributed by atoms with Gasteiger partial charge in [-0.3, -0.25) is 9.89 Å². The second kappa shape index (κ2) is 7.00. The lowest BCUT2D eigenvalue weighted by Gasteiger charge is -2.02. The number of H-pyrrole nitrogens is 1. The number of amides is 1. The molecule has 0 saturated carbocycles. The highest BCUT2D eigenvalue weighted by molar-refractivity contribution is 5.93. The van der Waals surface area contributed by atoms with Crippen LogP contribution < -0.4 is 5.32 Å². The number of aliphatic hydroxyl groups excluding tert-OH is 1. The number of rotatable bonds is 7. The molecule has 3 N–H and O–H groups in total. The standard InChI is InChI=1S/C10H17N3O2/c14-6-4-2-1-3-5-11-10(15)9-7-12-13-8-9/h7-8,14H,1-6H2,(H,11,15)(H,12,13). The van der Waals surface area contributed by atoms with Crippen molar-refractivity contribution in [3.05, 3.63) is 18.0 Å². The monoisotopic (exact) mass is 211 g/mol. The van der Waals surface area contributed by atoms with Crippen molar-refractivity contribution in [3.8, 4) is 0 Å². The Morgan fingerprint density at radius 1 is 1.40 bits per heavy atom. The smallest absolute Gasteiger partial charge is 0.254 e. The van der Waals surface area contributed by atoms with Crippen molar-refractivity contribution in [1.82, 2.24) is 15.5 Å². The fourth-order valence-electron chi connectivity index (χ4n) is 1.27. The van der Waals surface area contributed by atoms with Crippen LogP contribution in [0.2, 0.25) is 0 Å². The molecule has 5 nitrogen and oxygen atoms in total. The van der Waals surface area contributed by atoms with Crippen LogP contribution in [-0.4, -0.2) is 34.4 Å². The van der Waals surface area contributed by atoms with Crippen LogP contribution in [-0.2, 0) is 0 Å². The number of hydrogen-bond acceptors (Lipinski definition) is 3. The number of aromatic nitrogens is 2. The minimum Gasteiger partial charge on any atom is -0.396 e. The summed E-state index contributed by atoms with van der Waals surface area (Å²) in [6.45, 7) is 0.927. The van der Waals surface area contributed by atoms with Crippen molar-refractivity contribution >= 4 is 5.91 Å². The SMILES string of the molecule is O=C(NCCCCCCO)c1cn[nH]c1. The third kappa shape index (κ3) is 4.60. The summed E-state index contributed by atoms with van der Waals surface area (Å²) in [7, 11) is 0. The summed E-state index contributed by atoms with van der Waals surface area (Å²) in [5, 5.41) is 17.6. The molecule has 5 heteroatoms. The van der Waals surface area contributed by atoms with Crippen LogP contribution in [0.3, 0.4) is 0 Å². The first-order valence-corrected chi connectivity index (χ1v) is 5.22. The number of nitrogens with one attached hydrogen (secondary N) is 2. The summed E-state index contributed by atoms with van der Waals surface area (Å²) in [6.07, 6.45) is 6.91. The molecule has 0 unspecified atom stereocenters. The predicted molar refractivity (Wildman–Crippen MR) is 56.5 cm³/mol. The molecule has 0 atom stereocenters. The molecular formula is C10H17N3O2. The fraction of sp³-hybridized carbons (Fsp3) is 0.600. The van der Waals surface area contributed by atoms with Gasteiger partial charge in [-0.2, -0.15) is 5.10 Å². The maximum absolute atomic E-state index is 11.4. The lowest BCUT2D eigenvalue weighted by Crippen LogP contribution is -2.23. The molecule has 84 valence electrons. The van der Waals surface area contributed by atoms with E-state index in [2.05, 4.69) is 15.5 Å². The summed E-state index contributed by atoms with van der Waals surface area (Å²) in [6, 6.07) is 0. The van der Waals surface area contributed by atoms with Gasteiger partial charge in [0, 0.05) is 19.3 Å². The van der Waals surface area contributed by atoms with Gasteiger partial charge in [0.1, 0.15) is 0 Å². The summed E-state index contributed by atoms with van der Waals surface area (Å²) in [5.41, 5.74) is 0.561. The molecule has 0 bridgehead atoms. The molecule has 0 aromatic carbocycles.